The molecule has 3 heteroatoms. The highest BCUT2D eigenvalue weighted by Crippen LogP contribution is 2.59. The van der Waals surface area contributed by atoms with Gasteiger partial charge in [0.1, 0.15) is 6.29 Å². The maximum atomic E-state index is 11.0. The Kier molecular flexibility index (Phi) is 3.19. The van der Waals surface area contributed by atoms with Crippen molar-refractivity contribution in [3.63, 3.8) is 0 Å². The molecule has 0 bridgehead atoms. The van der Waals surface area contributed by atoms with Crippen LogP contribution >= 0.6 is 0 Å². The molecule has 0 spiro atoms. The van der Waals surface area contributed by atoms with Crippen LogP contribution in [0.5, 0.6) is 0 Å². The molecule has 102 valence electrons. The van der Waals surface area contributed by atoms with Crippen molar-refractivity contribution >= 4 is 6.29 Å². The van der Waals surface area contributed by atoms with Crippen LogP contribution in [0.2, 0.25) is 0 Å². The Balaban J connectivity index is 2.31. The average Bonchev–Trinajstić information content (AvgIpc) is 2.51. The van der Waals surface area contributed by atoms with E-state index in [9.17, 15) is 15.0 Å². The molecule has 18 heavy (non-hydrogen) atoms. The van der Waals surface area contributed by atoms with E-state index in [0.29, 0.717) is 12.0 Å². The number of carbonyl (C=O) groups is 1. The third kappa shape index (κ3) is 1.94. The highest BCUT2D eigenvalue weighted by Gasteiger charge is 2.56. The molecular formula is C15H24O3. The Morgan fingerprint density at radius 1 is 1.22 bits per heavy atom. The van der Waals surface area contributed by atoms with Crippen LogP contribution in [0.25, 0.3) is 0 Å². The number of carbonyl (C=O) groups excluding carboxylic acids is 1. The van der Waals surface area contributed by atoms with Gasteiger partial charge in [-0.1, -0.05) is 20.8 Å². The first kappa shape index (κ1) is 13.8. The van der Waals surface area contributed by atoms with Gasteiger partial charge in [0.2, 0.25) is 0 Å². The quantitative estimate of drug-likeness (QED) is 0.584. The molecule has 0 saturated heterocycles. The summed E-state index contributed by atoms with van der Waals surface area (Å²) in [5.41, 5.74) is 1.42. The molecule has 0 radical (unpaired) electrons. The summed E-state index contributed by atoms with van der Waals surface area (Å²) in [5, 5.41) is 20.2. The van der Waals surface area contributed by atoms with Crippen molar-refractivity contribution in [1.29, 1.82) is 0 Å². The van der Waals surface area contributed by atoms with E-state index in [2.05, 4.69) is 20.8 Å². The van der Waals surface area contributed by atoms with E-state index in [1.165, 1.54) is 0 Å². The van der Waals surface area contributed by atoms with Gasteiger partial charge in [0.05, 0.1) is 12.2 Å². The summed E-state index contributed by atoms with van der Waals surface area (Å²) in [6.45, 7) is 8.18. The van der Waals surface area contributed by atoms with Gasteiger partial charge in [-0.15, -0.1) is 0 Å². The Morgan fingerprint density at radius 3 is 2.22 bits per heavy atom. The molecule has 3 nitrogen and oxygen atoms in total. The predicted molar refractivity (Wildman–Crippen MR) is 70.0 cm³/mol. The van der Waals surface area contributed by atoms with Crippen molar-refractivity contribution in [3.8, 4) is 0 Å². The fraction of sp³-hybridized carbons (Fsp3) is 0.800. The van der Waals surface area contributed by atoms with Crippen molar-refractivity contribution in [2.24, 2.45) is 16.7 Å². The summed E-state index contributed by atoms with van der Waals surface area (Å²) in [4.78, 5) is 11.0. The van der Waals surface area contributed by atoms with E-state index >= 15 is 0 Å². The largest absolute Gasteiger partial charge is 0.393 e. The number of rotatable bonds is 2. The minimum absolute atomic E-state index is 0.147. The zero-order valence-electron chi connectivity index (χ0n) is 11.7. The van der Waals surface area contributed by atoms with E-state index in [1.54, 1.807) is 6.92 Å². The molecule has 0 heterocycles. The molecule has 2 rings (SSSR count). The zero-order chi connectivity index (χ0) is 13.7. The normalized spacial score (nSPS) is 45.6. The van der Waals surface area contributed by atoms with Crippen molar-refractivity contribution < 1.29 is 15.0 Å². The molecule has 0 amide bonds. The maximum absolute atomic E-state index is 11.0. The van der Waals surface area contributed by atoms with E-state index < -0.39 is 6.10 Å². The molecule has 2 aliphatic rings. The van der Waals surface area contributed by atoms with E-state index in [1.807, 2.05) is 0 Å². The third-order valence-electron chi connectivity index (χ3n) is 4.98. The lowest BCUT2D eigenvalue weighted by molar-refractivity contribution is -0.105. The van der Waals surface area contributed by atoms with Crippen molar-refractivity contribution in [1.82, 2.24) is 0 Å². The van der Waals surface area contributed by atoms with Crippen LogP contribution in [-0.4, -0.2) is 28.7 Å². The average molecular weight is 252 g/mol. The number of aliphatic hydroxyl groups excluding tert-OH is 2. The van der Waals surface area contributed by atoms with Crippen LogP contribution in [0.1, 0.15) is 47.0 Å². The molecular weight excluding hydrogens is 228 g/mol. The van der Waals surface area contributed by atoms with Gasteiger partial charge in [-0.25, -0.2) is 0 Å². The molecule has 0 aliphatic heterocycles. The highest BCUT2D eigenvalue weighted by molar-refractivity contribution is 5.75. The van der Waals surface area contributed by atoms with Gasteiger partial charge in [-0.2, -0.15) is 0 Å². The highest BCUT2D eigenvalue weighted by atomic mass is 16.3. The minimum Gasteiger partial charge on any atom is -0.393 e. The predicted octanol–water partition coefficient (Wildman–Crippen LogP) is 2.07. The van der Waals surface area contributed by atoms with Crippen molar-refractivity contribution in [2.75, 3.05) is 0 Å². The van der Waals surface area contributed by atoms with Gasteiger partial charge < -0.3 is 10.2 Å². The third-order valence-corrected chi connectivity index (χ3v) is 4.98. The lowest BCUT2D eigenvalue weighted by Crippen LogP contribution is -2.50. The number of hydrogen-bond acceptors (Lipinski definition) is 3. The van der Waals surface area contributed by atoms with Gasteiger partial charge in [0.15, 0.2) is 0 Å². The van der Waals surface area contributed by atoms with Crippen LogP contribution in [0, 0.1) is 16.7 Å². The molecule has 2 aliphatic carbocycles. The van der Waals surface area contributed by atoms with E-state index in [0.717, 1.165) is 24.7 Å². The number of hydrogen-bond donors (Lipinski definition) is 2. The second-order valence-corrected chi connectivity index (χ2v) is 7.10. The Bertz CT molecular complexity index is 397. The Hall–Kier alpha value is -0.670. The van der Waals surface area contributed by atoms with Crippen LogP contribution < -0.4 is 0 Å². The maximum Gasteiger partial charge on any atom is 0.145 e. The molecule has 0 aromatic heterocycles. The van der Waals surface area contributed by atoms with E-state index in [4.69, 9.17) is 0 Å². The first-order valence-corrected chi connectivity index (χ1v) is 6.74. The minimum atomic E-state index is -0.504. The molecule has 0 aromatic carbocycles. The molecule has 0 unspecified atom stereocenters. The van der Waals surface area contributed by atoms with Crippen LogP contribution in [0.4, 0.5) is 0 Å². The lowest BCUT2D eigenvalue weighted by atomic mass is 9.55. The summed E-state index contributed by atoms with van der Waals surface area (Å²) < 4.78 is 0. The first-order chi connectivity index (χ1) is 8.21. The topological polar surface area (TPSA) is 57.5 Å². The zero-order valence-corrected chi connectivity index (χ0v) is 11.7. The monoisotopic (exact) mass is 252 g/mol. The summed E-state index contributed by atoms with van der Waals surface area (Å²) in [7, 11) is 0. The number of aldehydes is 1. The summed E-state index contributed by atoms with van der Waals surface area (Å²) in [5.74, 6) is 0.154. The Morgan fingerprint density at radius 2 is 1.83 bits per heavy atom. The molecule has 2 fully saturated rings. The van der Waals surface area contributed by atoms with Crippen LogP contribution in [0.15, 0.2) is 11.1 Å². The SMILES string of the molecule is C/C(C=O)=C1\[C@@H](O)C[C@]1(C)[C@H]1CC(C)(C)C[C@H]1O. The first-order valence-electron chi connectivity index (χ1n) is 6.74. The van der Waals surface area contributed by atoms with Crippen molar-refractivity contribution in [3.05, 3.63) is 11.1 Å². The molecule has 0 aromatic rings. The van der Waals surface area contributed by atoms with Gasteiger partial charge >= 0.3 is 0 Å². The second kappa shape index (κ2) is 4.17. The standard InChI is InChI=1S/C15H24O3/c1-9(8-16)13-12(18)7-15(13,4)10-5-14(2,3)6-11(10)17/h8,10-12,17-18H,5-7H2,1-4H3/b13-9-/t10-,11+,12-,15+/m0/s1. The number of aliphatic hydroxyl groups is 2. The van der Waals surface area contributed by atoms with Crippen molar-refractivity contribution in [2.45, 2.75) is 59.2 Å². The lowest BCUT2D eigenvalue weighted by Gasteiger charge is -2.51. The fourth-order valence-corrected chi connectivity index (χ4v) is 4.16. The molecule has 2 saturated carbocycles. The van der Waals surface area contributed by atoms with Crippen LogP contribution in [-0.2, 0) is 4.79 Å². The van der Waals surface area contributed by atoms with Gasteiger partial charge in [0, 0.05) is 0 Å². The van der Waals surface area contributed by atoms with Crippen LogP contribution in [0.3, 0.4) is 0 Å². The fourth-order valence-electron chi connectivity index (χ4n) is 4.16. The van der Waals surface area contributed by atoms with E-state index in [-0.39, 0.29) is 22.9 Å². The Labute approximate surface area is 109 Å². The summed E-state index contributed by atoms with van der Waals surface area (Å²) >= 11 is 0. The molecule has 4 atom stereocenters. The van der Waals surface area contributed by atoms with Gasteiger partial charge in [-0.3, -0.25) is 4.79 Å². The number of allylic oxidation sites excluding steroid dienone is 1. The smallest absolute Gasteiger partial charge is 0.145 e. The summed E-state index contributed by atoms with van der Waals surface area (Å²) in [6, 6.07) is 0. The second-order valence-electron chi connectivity index (χ2n) is 7.10. The molecule has 2 N–H and O–H groups in total. The van der Waals surface area contributed by atoms with Gasteiger partial charge in [-0.05, 0) is 54.1 Å². The summed E-state index contributed by atoms with van der Waals surface area (Å²) in [6.07, 6.45) is 2.40. The van der Waals surface area contributed by atoms with Gasteiger partial charge in [0.25, 0.3) is 0 Å².